The summed E-state index contributed by atoms with van der Waals surface area (Å²) >= 11 is 7.53. The number of Topliss-reactive ketones (excluding diaryl/α,β-unsaturated/α-hetero) is 1. The number of ether oxygens (including phenoxy) is 1. The monoisotopic (exact) mass is 360 g/mol. The standard InChI is InChI=1S/C10H8ClF2IO2/c1-5(11)9(15)7-3-2-6(4-8(7)14)16-10(12)13/h2-5,10H,1H3. The molecule has 1 unspecified atom stereocenters. The lowest BCUT2D eigenvalue weighted by Crippen LogP contribution is -2.12. The predicted octanol–water partition coefficient (Wildman–Crippen LogP) is 3.70. The fourth-order valence-electron chi connectivity index (χ4n) is 1.09. The SMILES string of the molecule is CC(Cl)C(=O)c1ccc(OC(F)F)cc1I. The number of benzene rings is 1. The second-order valence-corrected chi connectivity index (χ2v) is 4.82. The van der Waals surface area contributed by atoms with Gasteiger partial charge in [-0.1, -0.05) is 0 Å². The first kappa shape index (κ1) is 13.6. The van der Waals surface area contributed by atoms with E-state index in [1.807, 2.05) is 22.6 Å². The third-order valence-corrected chi connectivity index (χ3v) is 2.88. The van der Waals surface area contributed by atoms with Crippen LogP contribution in [0.5, 0.6) is 5.75 Å². The van der Waals surface area contributed by atoms with Crippen molar-refractivity contribution in [3.05, 3.63) is 27.3 Å². The Kier molecular flexibility index (Phi) is 4.91. The van der Waals surface area contributed by atoms with Gasteiger partial charge in [-0.2, -0.15) is 8.78 Å². The molecule has 0 heterocycles. The van der Waals surface area contributed by atoms with Crippen LogP contribution in [0.3, 0.4) is 0 Å². The first-order valence-corrected chi connectivity index (χ1v) is 5.86. The maximum atomic E-state index is 11.9. The summed E-state index contributed by atoms with van der Waals surface area (Å²) in [6.45, 7) is -1.31. The highest BCUT2D eigenvalue weighted by Gasteiger charge is 2.16. The Morgan fingerprint density at radius 2 is 2.12 bits per heavy atom. The molecule has 16 heavy (non-hydrogen) atoms. The van der Waals surface area contributed by atoms with Crippen LogP contribution in [0.4, 0.5) is 8.78 Å². The largest absolute Gasteiger partial charge is 0.435 e. The lowest BCUT2D eigenvalue weighted by atomic mass is 10.1. The zero-order chi connectivity index (χ0) is 12.3. The lowest BCUT2D eigenvalue weighted by molar-refractivity contribution is -0.0498. The summed E-state index contributed by atoms with van der Waals surface area (Å²) in [4.78, 5) is 11.6. The van der Waals surface area contributed by atoms with Gasteiger partial charge in [0.05, 0.1) is 5.38 Å². The molecule has 0 aromatic heterocycles. The Bertz CT molecular complexity index is 396. The van der Waals surface area contributed by atoms with Crippen molar-refractivity contribution < 1.29 is 18.3 Å². The molecule has 0 aliphatic carbocycles. The Hall–Kier alpha value is -0.430. The van der Waals surface area contributed by atoms with Crippen LogP contribution in [0, 0.1) is 3.57 Å². The molecule has 6 heteroatoms. The van der Waals surface area contributed by atoms with Gasteiger partial charge in [0.2, 0.25) is 0 Å². The highest BCUT2D eigenvalue weighted by atomic mass is 127. The Morgan fingerprint density at radius 1 is 1.50 bits per heavy atom. The third kappa shape index (κ3) is 3.55. The van der Waals surface area contributed by atoms with Gasteiger partial charge in [-0.15, -0.1) is 11.6 Å². The van der Waals surface area contributed by atoms with Gasteiger partial charge in [-0.25, -0.2) is 0 Å². The highest BCUT2D eigenvalue weighted by molar-refractivity contribution is 14.1. The molecule has 0 amide bonds. The summed E-state index contributed by atoms with van der Waals surface area (Å²) in [6.07, 6.45) is 0. The van der Waals surface area contributed by atoms with Gasteiger partial charge < -0.3 is 4.74 Å². The maximum Gasteiger partial charge on any atom is 0.387 e. The van der Waals surface area contributed by atoms with E-state index in [-0.39, 0.29) is 11.5 Å². The Balaban J connectivity index is 2.96. The number of ketones is 1. The van der Waals surface area contributed by atoms with Gasteiger partial charge in [0, 0.05) is 9.13 Å². The van der Waals surface area contributed by atoms with Crippen LogP contribution >= 0.6 is 34.2 Å². The molecule has 0 N–H and O–H groups in total. The highest BCUT2D eigenvalue weighted by Crippen LogP contribution is 2.23. The van der Waals surface area contributed by atoms with E-state index in [0.29, 0.717) is 9.13 Å². The van der Waals surface area contributed by atoms with E-state index in [0.717, 1.165) is 0 Å². The van der Waals surface area contributed by atoms with E-state index in [1.165, 1.54) is 18.2 Å². The molecular formula is C10H8ClF2IO2. The topological polar surface area (TPSA) is 26.3 Å². The third-order valence-electron chi connectivity index (χ3n) is 1.79. The molecule has 1 aromatic rings. The van der Waals surface area contributed by atoms with E-state index >= 15 is 0 Å². The molecule has 1 aromatic carbocycles. The summed E-state index contributed by atoms with van der Waals surface area (Å²) in [6, 6.07) is 4.13. The normalized spacial score (nSPS) is 12.6. The van der Waals surface area contributed by atoms with Crippen molar-refractivity contribution in [3.63, 3.8) is 0 Å². The quantitative estimate of drug-likeness (QED) is 0.465. The van der Waals surface area contributed by atoms with Crippen LogP contribution in [0.15, 0.2) is 18.2 Å². The molecule has 0 fully saturated rings. The van der Waals surface area contributed by atoms with E-state index in [1.54, 1.807) is 6.92 Å². The molecule has 0 radical (unpaired) electrons. The summed E-state index contributed by atoms with van der Waals surface area (Å²) in [5.41, 5.74) is 0.407. The molecule has 0 aliphatic heterocycles. The van der Waals surface area contributed by atoms with Crippen LogP contribution in [-0.4, -0.2) is 17.8 Å². The van der Waals surface area contributed by atoms with Crippen LogP contribution < -0.4 is 4.74 Å². The van der Waals surface area contributed by atoms with E-state index in [4.69, 9.17) is 11.6 Å². The van der Waals surface area contributed by atoms with E-state index < -0.39 is 12.0 Å². The molecule has 0 saturated heterocycles. The minimum Gasteiger partial charge on any atom is -0.435 e. The van der Waals surface area contributed by atoms with Crippen molar-refractivity contribution in [3.8, 4) is 5.75 Å². The first-order chi connectivity index (χ1) is 7.41. The fourth-order valence-corrected chi connectivity index (χ4v) is 1.96. The number of hydrogen-bond donors (Lipinski definition) is 0. The summed E-state index contributed by atoms with van der Waals surface area (Å²) in [5, 5.41) is -0.643. The van der Waals surface area contributed by atoms with Gasteiger partial charge in [-0.05, 0) is 47.7 Å². The average molecular weight is 361 g/mol. The second kappa shape index (κ2) is 5.77. The summed E-state index contributed by atoms with van der Waals surface area (Å²) in [7, 11) is 0. The second-order valence-electron chi connectivity index (χ2n) is 3.00. The van der Waals surface area contributed by atoms with Crippen LogP contribution in [0.1, 0.15) is 17.3 Å². The minimum atomic E-state index is -2.87. The molecule has 1 rings (SSSR count). The number of hydrogen-bond acceptors (Lipinski definition) is 2. The van der Waals surface area contributed by atoms with Gasteiger partial charge in [-0.3, -0.25) is 4.79 Å². The first-order valence-electron chi connectivity index (χ1n) is 4.34. The number of halogens is 4. The molecule has 0 aliphatic rings. The van der Waals surface area contributed by atoms with E-state index in [9.17, 15) is 13.6 Å². The van der Waals surface area contributed by atoms with Gasteiger partial charge in [0.25, 0.3) is 0 Å². The minimum absolute atomic E-state index is 0.0261. The number of rotatable bonds is 4. The van der Waals surface area contributed by atoms with Crippen molar-refractivity contribution >= 4 is 40.0 Å². The predicted molar refractivity (Wildman–Crippen MR) is 65.4 cm³/mol. The molecule has 1 atom stereocenters. The molecular weight excluding hydrogens is 352 g/mol. The fraction of sp³-hybridized carbons (Fsp3) is 0.300. The van der Waals surface area contributed by atoms with Crippen molar-refractivity contribution in [2.45, 2.75) is 18.9 Å². The Labute approximate surface area is 110 Å². The zero-order valence-electron chi connectivity index (χ0n) is 8.22. The summed E-state index contributed by atoms with van der Waals surface area (Å²) in [5.74, 6) is -0.215. The van der Waals surface area contributed by atoms with Crippen molar-refractivity contribution in [1.29, 1.82) is 0 Å². The lowest BCUT2D eigenvalue weighted by Gasteiger charge is -2.08. The molecule has 88 valence electrons. The van der Waals surface area contributed by atoms with Crippen molar-refractivity contribution in [1.82, 2.24) is 0 Å². The molecule has 0 bridgehead atoms. The van der Waals surface area contributed by atoms with Crippen LogP contribution in [-0.2, 0) is 0 Å². The van der Waals surface area contributed by atoms with Crippen molar-refractivity contribution in [2.24, 2.45) is 0 Å². The van der Waals surface area contributed by atoms with Crippen LogP contribution in [0.2, 0.25) is 0 Å². The number of alkyl halides is 3. The van der Waals surface area contributed by atoms with Gasteiger partial charge in [0.1, 0.15) is 5.75 Å². The van der Waals surface area contributed by atoms with Crippen molar-refractivity contribution in [2.75, 3.05) is 0 Å². The smallest absolute Gasteiger partial charge is 0.387 e. The summed E-state index contributed by atoms with van der Waals surface area (Å²) < 4.78 is 28.6. The molecule has 0 spiro atoms. The molecule has 2 nitrogen and oxygen atoms in total. The number of carbonyl (C=O) groups is 1. The maximum absolute atomic E-state index is 11.9. The zero-order valence-corrected chi connectivity index (χ0v) is 11.1. The Morgan fingerprint density at radius 3 is 2.56 bits per heavy atom. The number of carbonyl (C=O) groups excluding carboxylic acids is 1. The average Bonchev–Trinajstić information content (AvgIpc) is 2.15. The molecule has 0 saturated carbocycles. The van der Waals surface area contributed by atoms with Gasteiger partial charge in [0.15, 0.2) is 5.78 Å². The van der Waals surface area contributed by atoms with Crippen LogP contribution in [0.25, 0.3) is 0 Å². The van der Waals surface area contributed by atoms with E-state index in [2.05, 4.69) is 4.74 Å². The van der Waals surface area contributed by atoms with Gasteiger partial charge >= 0.3 is 6.61 Å².